The van der Waals surface area contributed by atoms with Gasteiger partial charge in [0.1, 0.15) is 5.82 Å². The summed E-state index contributed by atoms with van der Waals surface area (Å²) in [5.74, 6) is 1.69. The van der Waals surface area contributed by atoms with Crippen LogP contribution in [0, 0.1) is 5.92 Å². The standard InChI is InChI=1S/C15H18BrN3/c16-14-5-1-4-13-12(14)6-7-18-15(13)19-8-2-3-11(9-17)10-19/h1,4-7,11H,2-3,8-10,17H2. The van der Waals surface area contributed by atoms with Gasteiger partial charge < -0.3 is 10.6 Å². The van der Waals surface area contributed by atoms with Crippen LogP contribution >= 0.6 is 15.9 Å². The van der Waals surface area contributed by atoms with E-state index in [4.69, 9.17) is 5.73 Å². The minimum Gasteiger partial charge on any atom is -0.356 e. The van der Waals surface area contributed by atoms with E-state index in [1.165, 1.54) is 23.6 Å². The van der Waals surface area contributed by atoms with E-state index < -0.39 is 0 Å². The quantitative estimate of drug-likeness (QED) is 0.924. The predicted molar refractivity (Wildman–Crippen MR) is 83.4 cm³/mol. The van der Waals surface area contributed by atoms with Gasteiger partial charge in [-0.25, -0.2) is 4.98 Å². The Morgan fingerprint density at radius 3 is 3.05 bits per heavy atom. The lowest BCUT2D eigenvalue weighted by molar-refractivity contribution is 0.422. The molecule has 0 spiro atoms. The maximum absolute atomic E-state index is 5.83. The highest BCUT2D eigenvalue weighted by Gasteiger charge is 2.21. The average Bonchev–Trinajstić information content (AvgIpc) is 2.47. The number of hydrogen-bond donors (Lipinski definition) is 1. The van der Waals surface area contributed by atoms with Gasteiger partial charge in [-0.2, -0.15) is 0 Å². The molecule has 1 fully saturated rings. The van der Waals surface area contributed by atoms with E-state index in [1.54, 1.807) is 0 Å². The van der Waals surface area contributed by atoms with E-state index in [-0.39, 0.29) is 0 Å². The number of pyridine rings is 1. The molecule has 2 aromatic rings. The van der Waals surface area contributed by atoms with Crippen molar-refractivity contribution in [3.05, 3.63) is 34.9 Å². The third kappa shape index (κ3) is 2.47. The van der Waals surface area contributed by atoms with Crippen LogP contribution in [0.15, 0.2) is 34.9 Å². The minimum absolute atomic E-state index is 0.595. The summed E-state index contributed by atoms with van der Waals surface area (Å²) in [5, 5.41) is 2.44. The molecule has 1 saturated heterocycles. The number of rotatable bonds is 2. The van der Waals surface area contributed by atoms with Crippen molar-refractivity contribution in [2.24, 2.45) is 11.7 Å². The Morgan fingerprint density at radius 1 is 1.32 bits per heavy atom. The third-order valence-electron chi connectivity index (χ3n) is 3.88. The normalized spacial score (nSPS) is 19.9. The van der Waals surface area contributed by atoms with Gasteiger partial charge in [0.2, 0.25) is 0 Å². The van der Waals surface area contributed by atoms with Gasteiger partial charge in [0.25, 0.3) is 0 Å². The van der Waals surface area contributed by atoms with Crippen LogP contribution < -0.4 is 10.6 Å². The van der Waals surface area contributed by atoms with Gasteiger partial charge in [-0.15, -0.1) is 0 Å². The van der Waals surface area contributed by atoms with Crippen LogP contribution in [0.5, 0.6) is 0 Å². The first-order valence-corrected chi connectivity index (χ1v) is 7.57. The lowest BCUT2D eigenvalue weighted by atomic mass is 9.98. The van der Waals surface area contributed by atoms with Crippen molar-refractivity contribution in [1.82, 2.24) is 4.98 Å². The molecule has 100 valence electrons. The summed E-state index contributed by atoms with van der Waals surface area (Å²) in [7, 11) is 0. The molecule has 1 aliphatic heterocycles. The molecular formula is C15H18BrN3. The van der Waals surface area contributed by atoms with Crippen LogP contribution in [-0.2, 0) is 0 Å². The van der Waals surface area contributed by atoms with Gasteiger partial charge in [-0.1, -0.05) is 28.1 Å². The summed E-state index contributed by atoms with van der Waals surface area (Å²) in [4.78, 5) is 6.99. The highest BCUT2D eigenvalue weighted by Crippen LogP contribution is 2.31. The number of benzene rings is 1. The molecule has 2 heterocycles. The summed E-state index contributed by atoms with van der Waals surface area (Å²) in [6.45, 7) is 2.87. The van der Waals surface area contributed by atoms with Crippen LogP contribution in [0.3, 0.4) is 0 Å². The first kappa shape index (κ1) is 12.9. The largest absolute Gasteiger partial charge is 0.356 e. The smallest absolute Gasteiger partial charge is 0.136 e. The highest BCUT2D eigenvalue weighted by atomic mass is 79.9. The summed E-state index contributed by atoms with van der Waals surface area (Å²) >= 11 is 3.61. The van der Waals surface area contributed by atoms with Gasteiger partial charge in [0, 0.05) is 34.5 Å². The fourth-order valence-electron chi connectivity index (χ4n) is 2.86. The van der Waals surface area contributed by atoms with E-state index in [0.29, 0.717) is 5.92 Å². The molecule has 1 aliphatic rings. The minimum atomic E-state index is 0.595. The Kier molecular flexibility index (Phi) is 3.71. The van der Waals surface area contributed by atoms with E-state index in [0.717, 1.165) is 29.9 Å². The van der Waals surface area contributed by atoms with Crippen LogP contribution in [0.4, 0.5) is 5.82 Å². The van der Waals surface area contributed by atoms with Gasteiger partial charge in [0.05, 0.1) is 0 Å². The van der Waals surface area contributed by atoms with Crippen LogP contribution in [-0.4, -0.2) is 24.6 Å². The number of aromatic nitrogens is 1. The molecule has 0 radical (unpaired) electrons. The molecule has 0 aliphatic carbocycles. The molecule has 19 heavy (non-hydrogen) atoms. The molecule has 3 nitrogen and oxygen atoms in total. The monoisotopic (exact) mass is 319 g/mol. The zero-order valence-corrected chi connectivity index (χ0v) is 12.4. The average molecular weight is 320 g/mol. The predicted octanol–water partition coefficient (Wildman–Crippen LogP) is 3.17. The second kappa shape index (κ2) is 5.47. The lowest BCUT2D eigenvalue weighted by Gasteiger charge is -2.33. The molecule has 4 heteroatoms. The first-order valence-electron chi connectivity index (χ1n) is 6.78. The number of nitrogens with two attached hydrogens (primary N) is 1. The van der Waals surface area contributed by atoms with Gasteiger partial charge >= 0.3 is 0 Å². The van der Waals surface area contributed by atoms with Crippen molar-refractivity contribution >= 4 is 32.5 Å². The van der Waals surface area contributed by atoms with Crippen molar-refractivity contribution in [3.8, 4) is 0 Å². The summed E-state index contributed by atoms with van der Waals surface area (Å²) in [6.07, 6.45) is 4.34. The van der Waals surface area contributed by atoms with E-state index in [9.17, 15) is 0 Å². The van der Waals surface area contributed by atoms with Gasteiger partial charge in [-0.3, -0.25) is 0 Å². The van der Waals surface area contributed by atoms with Crippen molar-refractivity contribution < 1.29 is 0 Å². The Hall–Kier alpha value is -1.13. The first-order chi connectivity index (χ1) is 9.29. The fourth-order valence-corrected chi connectivity index (χ4v) is 3.35. The topological polar surface area (TPSA) is 42.1 Å². The number of halogens is 1. The van der Waals surface area contributed by atoms with Crippen molar-refractivity contribution in [2.75, 3.05) is 24.5 Å². The second-order valence-corrected chi connectivity index (χ2v) is 6.01. The zero-order chi connectivity index (χ0) is 13.2. The highest BCUT2D eigenvalue weighted by molar-refractivity contribution is 9.10. The molecule has 1 aromatic heterocycles. The molecule has 0 saturated carbocycles. The molecule has 0 bridgehead atoms. The third-order valence-corrected chi connectivity index (χ3v) is 4.58. The molecular weight excluding hydrogens is 302 g/mol. The Balaban J connectivity index is 2.03. The summed E-state index contributed by atoms with van der Waals surface area (Å²) in [6, 6.07) is 8.36. The van der Waals surface area contributed by atoms with Crippen molar-refractivity contribution in [2.45, 2.75) is 12.8 Å². The van der Waals surface area contributed by atoms with E-state index in [1.807, 2.05) is 6.20 Å². The molecule has 1 aromatic carbocycles. The van der Waals surface area contributed by atoms with Gasteiger partial charge in [-0.05, 0) is 37.4 Å². The van der Waals surface area contributed by atoms with Crippen LogP contribution in [0.25, 0.3) is 10.8 Å². The molecule has 3 rings (SSSR count). The Morgan fingerprint density at radius 2 is 2.21 bits per heavy atom. The van der Waals surface area contributed by atoms with Gasteiger partial charge in [0.15, 0.2) is 0 Å². The lowest BCUT2D eigenvalue weighted by Crippen LogP contribution is -2.38. The Bertz CT molecular complexity index is 585. The maximum Gasteiger partial charge on any atom is 0.136 e. The summed E-state index contributed by atoms with van der Waals surface area (Å²) < 4.78 is 1.13. The number of fused-ring (bicyclic) bond motifs is 1. The fraction of sp³-hybridized carbons (Fsp3) is 0.400. The molecule has 0 amide bonds. The van der Waals surface area contributed by atoms with Crippen LogP contribution in [0.1, 0.15) is 12.8 Å². The molecule has 1 atom stereocenters. The second-order valence-electron chi connectivity index (χ2n) is 5.16. The number of nitrogens with zero attached hydrogens (tertiary/aromatic N) is 2. The molecule has 1 unspecified atom stereocenters. The number of piperidine rings is 1. The number of hydrogen-bond acceptors (Lipinski definition) is 3. The van der Waals surface area contributed by atoms with Crippen LogP contribution in [0.2, 0.25) is 0 Å². The molecule has 2 N–H and O–H groups in total. The van der Waals surface area contributed by atoms with Crippen molar-refractivity contribution in [1.29, 1.82) is 0 Å². The number of anilines is 1. The Labute approximate surface area is 121 Å². The van der Waals surface area contributed by atoms with E-state index in [2.05, 4.69) is 50.1 Å². The zero-order valence-electron chi connectivity index (χ0n) is 10.8. The summed E-state index contributed by atoms with van der Waals surface area (Å²) in [5.41, 5.74) is 5.83. The van der Waals surface area contributed by atoms with Crippen molar-refractivity contribution in [3.63, 3.8) is 0 Å². The maximum atomic E-state index is 5.83. The van der Waals surface area contributed by atoms with E-state index >= 15 is 0 Å². The SMILES string of the molecule is NCC1CCCN(c2nccc3c(Br)cccc23)C1.